The van der Waals surface area contributed by atoms with Crippen LogP contribution in [0.3, 0.4) is 0 Å². The molecule has 1 saturated carbocycles. The minimum Gasteiger partial charge on any atom is -0.467 e. The summed E-state index contributed by atoms with van der Waals surface area (Å²) in [6, 6.07) is 3.88. The third-order valence-corrected chi connectivity index (χ3v) is 6.52. The summed E-state index contributed by atoms with van der Waals surface area (Å²) in [5, 5.41) is 9.81. The first-order valence-electron chi connectivity index (χ1n) is 9.71. The topological polar surface area (TPSA) is 64.2 Å². The Labute approximate surface area is 158 Å². The Morgan fingerprint density at radius 2 is 1.96 bits per heavy atom. The molecule has 1 unspecified atom stereocenters. The van der Waals surface area contributed by atoms with Gasteiger partial charge in [0.1, 0.15) is 11.5 Å². The summed E-state index contributed by atoms with van der Waals surface area (Å²) in [6.07, 6.45) is 10.3. The predicted octanol–water partition coefficient (Wildman–Crippen LogP) is 3.90. The van der Waals surface area contributed by atoms with Gasteiger partial charge in [0.15, 0.2) is 5.16 Å². The van der Waals surface area contributed by atoms with Crippen LogP contribution in [0.15, 0.2) is 28.0 Å². The van der Waals surface area contributed by atoms with Crippen molar-refractivity contribution in [2.75, 3.05) is 18.0 Å². The van der Waals surface area contributed by atoms with Crippen molar-refractivity contribution in [2.24, 2.45) is 0 Å². The summed E-state index contributed by atoms with van der Waals surface area (Å²) in [5.74, 6) is 2.15. The Morgan fingerprint density at radius 1 is 1.12 bits per heavy atom. The molecular weight excluding hydrogens is 348 g/mol. The lowest BCUT2D eigenvalue weighted by Gasteiger charge is -2.27. The molecule has 0 bridgehead atoms. The Hall–Kier alpha value is -1.76. The summed E-state index contributed by atoms with van der Waals surface area (Å²) >= 11 is 1.59. The van der Waals surface area contributed by atoms with Crippen molar-refractivity contribution >= 4 is 23.5 Å². The van der Waals surface area contributed by atoms with Crippen LogP contribution >= 0.6 is 11.8 Å². The van der Waals surface area contributed by atoms with Crippen LogP contribution in [0.4, 0.5) is 5.95 Å². The van der Waals surface area contributed by atoms with Gasteiger partial charge >= 0.3 is 0 Å². The zero-order valence-corrected chi connectivity index (χ0v) is 15.9. The molecule has 1 aliphatic heterocycles. The number of rotatable bonds is 5. The van der Waals surface area contributed by atoms with E-state index < -0.39 is 0 Å². The minimum atomic E-state index is 0.00579. The van der Waals surface area contributed by atoms with Crippen LogP contribution in [-0.2, 0) is 11.3 Å². The molecule has 7 heteroatoms. The first-order valence-corrected chi connectivity index (χ1v) is 10.6. The molecule has 26 heavy (non-hydrogen) atoms. The molecule has 0 spiro atoms. The van der Waals surface area contributed by atoms with Crippen molar-refractivity contribution in [2.45, 2.75) is 68.3 Å². The van der Waals surface area contributed by atoms with E-state index in [1.165, 1.54) is 19.3 Å². The van der Waals surface area contributed by atoms with E-state index in [-0.39, 0.29) is 5.25 Å². The number of thioether (sulfide) groups is 1. The van der Waals surface area contributed by atoms with Crippen molar-refractivity contribution in [3.05, 3.63) is 24.2 Å². The number of carbonyl (C=O) groups excluding carboxylic acids is 1. The lowest BCUT2D eigenvalue weighted by atomic mass is 10.1. The molecule has 2 fully saturated rings. The molecule has 0 N–H and O–H groups in total. The van der Waals surface area contributed by atoms with Gasteiger partial charge in [-0.3, -0.25) is 9.36 Å². The average Bonchev–Trinajstić information content (AvgIpc) is 3.27. The second kappa shape index (κ2) is 8.29. The molecule has 140 valence electrons. The Kier molecular flexibility index (Phi) is 5.62. The molecule has 6 nitrogen and oxygen atoms in total. The number of ketones is 1. The van der Waals surface area contributed by atoms with Crippen LogP contribution in [0.5, 0.6) is 0 Å². The Morgan fingerprint density at radius 3 is 2.77 bits per heavy atom. The standard InChI is InChI=1S/C19H26N4O2S/c24-16-9-3-1-4-10-17(16)26-19-21-20-18(22-11-5-2-6-12-22)23(19)14-15-8-7-13-25-15/h7-8,13,17H,1-6,9-12,14H2. The molecule has 0 aromatic carbocycles. The van der Waals surface area contributed by atoms with Gasteiger partial charge in [-0.15, -0.1) is 10.2 Å². The maximum atomic E-state index is 12.4. The van der Waals surface area contributed by atoms with E-state index in [1.54, 1.807) is 18.0 Å². The first-order chi connectivity index (χ1) is 12.8. The SMILES string of the molecule is O=C1CCCCCC1Sc1nnc(N2CCCCC2)n1Cc1ccco1. The van der Waals surface area contributed by atoms with Crippen molar-refractivity contribution < 1.29 is 9.21 Å². The number of furan rings is 1. The van der Waals surface area contributed by atoms with Crippen molar-refractivity contribution in [1.29, 1.82) is 0 Å². The van der Waals surface area contributed by atoms with Crippen LogP contribution in [-0.4, -0.2) is 38.9 Å². The monoisotopic (exact) mass is 374 g/mol. The molecular formula is C19H26N4O2S. The van der Waals surface area contributed by atoms with Crippen molar-refractivity contribution in [1.82, 2.24) is 14.8 Å². The van der Waals surface area contributed by atoms with Gasteiger partial charge in [-0.05, 0) is 44.2 Å². The molecule has 1 aliphatic carbocycles. The molecule has 0 radical (unpaired) electrons. The third kappa shape index (κ3) is 3.98. The molecule has 2 aromatic heterocycles. The van der Waals surface area contributed by atoms with Crippen LogP contribution in [0, 0.1) is 0 Å². The van der Waals surface area contributed by atoms with E-state index in [9.17, 15) is 4.79 Å². The molecule has 4 rings (SSSR count). The van der Waals surface area contributed by atoms with Gasteiger partial charge in [-0.1, -0.05) is 24.6 Å². The third-order valence-electron chi connectivity index (χ3n) is 5.23. The van der Waals surface area contributed by atoms with Gasteiger partial charge in [0.2, 0.25) is 5.95 Å². The smallest absolute Gasteiger partial charge is 0.228 e. The fraction of sp³-hybridized carbons (Fsp3) is 0.632. The first kappa shape index (κ1) is 17.6. The van der Waals surface area contributed by atoms with Gasteiger partial charge in [-0.2, -0.15) is 0 Å². The Balaban J connectivity index is 1.60. The van der Waals surface area contributed by atoms with E-state index in [4.69, 9.17) is 4.42 Å². The quantitative estimate of drug-likeness (QED) is 0.740. The molecule has 0 amide bonds. The summed E-state index contributed by atoms with van der Waals surface area (Å²) in [4.78, 5) is 14.8. The number of Topliss-reactive ketones (excluding diaryl/α,β-unsaturated/α-hetero) is 1. The minimum absolute atomic E-state index is 0.00579. The lowest BCUT2D eigenvalue weighted by molar-refractivity contribution is -0.118. The van der Waals surface area contributed by atoms with Gasteiger partial charge in [0.05, 0.1) is 18.1 Å². The van der Waals surface area contributed by atoms with Crippen molar-refractivity contribution in [3.63, 3.8) is 0 Å². The van der Waals surface area contributed by atoms with Crippen LogP contribution in [0.2, 0.25) is 0 Å². The summed E-state index contributed by atoms with van der Waals surface area (Å²) in [6.45, 7) is 2.64. The zero-order valence-electron chi connectivity index (χ0n) is 15.1. The van der Waals surface area contributed by atoms with Crippen LogP contribution < -0.4 is 4.90 Å². The van der Waals surface area contributed by atoms with E-state index in [0.29, 0.717) is 18.7 Å². The molecule has 3 heterocycles. The zero-order chi connectivity index (χ0) is 17.8. The average molecular weight is 375 g/mol. The largest absolute Gasteiger partial charge is 0.467 e. The summed E-state index contributed by atoms with van der Waals surface area (Å²) in [7, 11) is 0. The van der Waals surface area contributed by atoms with Crippen LogP contribution in [0.25, 0.3) is 0 Å². The summed E-state index contributed by atoms with van der Waals surface area (Å²) in [5.41, 5.74) is 0. The maximum Gasteiger partial charge on any atom is 0.228 e. The molecule has 2 aromatic rings. The van der Waals surface area contributed by atoms with E-state index in [2.05, 4.69) is 19.7 Å². The number of nitrogens with zero attached hydrogens (tertiary/aromatic N) is 4. The molecule has 1 atom stereocenters. The number of carbonyl (C=O) groups is 1. The normalized spacial score (nSPS) is 21.8. The lowest BCUT2D eigenvalue weighted by Crippen LogP contribution is -2.32. The highest BCUT2D eigenvalue weighted by atomic mass is 32.2. The van der Waals surface area contributed by atoms with E-state index in [0.717, 1.165) is 55.6 Å². The van der Waals surface area contributed by atoms with Crippen molar-refractivity contribution in [3.8, 4) is 0 Å². The van der Waals surface area contributed by atoms with Gasteiger partial charge < -0.3 is 9.32 Å². The second-order valence-corrected chi connectivity index (χ2v) is 8.34. The number of hydrogen-bond donors (Lipinski definition) is 0. The van der Waals surface area contributed by atoms with Gasteiger partial charge in [-0.25, -0.2) is 0 Å². The second-order valence-electron chi connectivity index (χ2n) is 7.17. The van der Waals surface area contributed by atoms with Gasteiger partial charge in [0.25, 0.3) is 0 Å². The number of hydrogen-bond acceptors (Lipinski definition) is 6. The Bertz CT molecular complexity index is 722. The maximum absolute atomic E-state index is 12.4. The number of anilines is 1. The van der Waals surface area contributed by atoms with E-state index >= 15 is 0 Å². The van der Waals surface area contributed by atoms with Gasteiger partial charge in [0, 0.05) is 19.5 Å². The number of aromatic nitrogens is 3. The number of piperidine rings is 1. The molecule has 1 saturated heterocycles. The molecule has 2 aliphatic rings. The fourth-order valence-electron chi connectivity index (χ4n) is 3.77. The fourth-order valence-corrected chi connectivity index (χ4v) is 4.92. The highest BCUT2D eigenvalue weighted by molar-refractivity contribution is 8.00. The summed E-state index contributed by atoms with van der Waals surface area (Å²) < 4.78 is 7.70. The highest BCUT2D eigenvalue weighted by Crippen LogP contribution is 2.32. The predicted molar refractivity (Wildman–Crippen MR) is 102 cm³/mol. The van der Waals surface area contributed by atoms with E-state index in [1.807, 2.05) is 12.1 Å². The van der Waals surface area contributed by atoms with Crippen LogP contribution in [0.1, 0.15) is 57.1 Å². The highest BCUT2D eigenvalue weighted by Gasteiger charge is 2.27.